The minimum absolute atomic E-state index is 0.0650. The van der Waals surface area contributed by atoms with Gasteiger partial charge in [-0.25, -0.2) is 0 Å². The van der Waals surface area contributed by atoms with Gasteiger partial charge in [0, 0.05) is 18.8 Å². The minimum Gasteiger partial charge on any atom is -0.481 e. The molecule has 5 heteroatoms. The lowest BCUT2D eigenvalue weighted by molar-refractivity contribution is -0.137. The standard InChI is InChI=1S/C20H34O5/c1-2-3-6-9-15(21)12-13-17-16(18(22)14-19(17)23)10-7-4-5-8-11-20(24)25/h4,7,12-13,15-19,21-23H,2-3,5-6,8-11,14H2,1H3,(H,24,25)/b7-4-,13-12+/t15?,16?,17-,18-,19?/m1/s1. The predicted molar refractivity (Wildman–Crippen MR) is 98.1 cm³/mol. The molecule has 0 radical (unpaired) electrons. The molecule has 0 aromatic carbocycles. The molecule has 5 atom stereocenters. The van der Waals surface area contributed by atoms with E-state index in [9.17, 15) is 20.1 Å². The van der Waals surface area contributed by atoms with Crippen LogP contribution in [0.2, 0.25) is 0 Å². The van der Waals surface area contributed by atoms with Gasteiger partial charge in [0.25, 0.3) is 0 Å². The highest BCUT2D eigenvalue weighted by Crippen LogP contribution is 2.36. The van der Waals surface area contributed by atoms with Gasteiger partial charge < -0.3 is 20.4 Å². The van der Waals surface area contributed by atoms with Crippen LogP contribution in [0.3, 0.4) is 0 Å². The third kappa shape index (κ3) is 8.66. The van der Waals surface area contributed by atoms with Crippen molar-refractivity contribution in [2.24, 2.45) is 11.8 Å². The van der Waals surface area contributed by atoms with E-state index >= 15 is 0 Å². The Bertz CT molecular complexity index is 432. The summed E-state index contributed by atoms with van der Waals surface area (Å²) in [5, 5.41) is 39.0. The SMILES string of the molecule is CCCCCC(O)/C=C/[C@H]1C(O)C[C@@H](O)C1C/C=C\CCCC(=O)O. The Morgan fingerprint density at radius 3 is 2.60 bits per heavy atom. The first kappa shape index (κ1) is 21.9. The summed E-state index contributed by atoms with van der Waals surface area (Å²) >= 11 is 0. The van der Waals surface area contributed by atoms with Crippen molar-refractivity contribution in [1.82, 2.24) is 0 Å². The topological polar surface area (TPSA) is 98.0 Å². The van der Waals surface area contributed by atoms with Crippen LogP contribution in [0, 0.1) is 11.8 Å². The van der Waals surface area contributed by atoms with E-state index in [1.807, 2.05) is 18.2 Å². The van der Waals surface area contributed by atoms with Crippen LogP contribution in [0.5, 0.6) is 0 Å². The van der Waals surface area contributed by atoms with Crippen LogP contribution < -0.4 is 0 Å². The molecule has 0 aliphatic heterocycles. The molecule has 144 valence electrons. The number of rotatable bonds is 12. The van der Waals surface area contributed by atoms with E-state index in [0.29, 0.717) is 25.7 Å². The Balaban J connectivity index is 2.46. The van der Waals surface area contributed by atoms with E-state index in [-0.39, 0.29) is 18.3 Å². The van der Waals surface area contributed by atoms with Gasteiger partial charge in [0.05, 0.1) is 18.3 Å². The van der Waals surface area contributed by atoms with Crippen LogP contribution in [0.4, 0.5) is 0 Å². The van der Waals surface area contributed by atoms with Crippen molar-refractivity contribution in [3.05, 3.63) is 24.3 Å². The molecule has 4 N–H and O–H groups in total. The van der Waals surface area contributed by atoms with Gasteiger partial charge in [-0.15, -0.1) is 0 Å². The summed E-state index contributed by atoms with van der Waals surface area (Å²) in [6.45, 7) is 2.12. The molecule has 0 spiro atoms. The zero-order chi connectivity index (χ0) is 18.7. The Kier molecular flexibility index (Phi) is 10.7. The second kappa shape index (κ2) is 12.2. The maximum absolute atomic E-state index is 10.5. The average Bonchev–Trinajstić information content (AvgIpc) is 2.82. The summed E-state index contributed by atoms with van der Waals surface area (Å²) < 4.78 is 0. The van der Waals surface area contributed by atoms with Crippen molar-refractivity contribution in [3.8, 4) is 0 Å². The van der Waals surface area contributed by atoms with Crippen LogP contribution in [-0.4, -0.2) is 44.7 Å². The van der Waals surface area contributed by atoms with Crippen LogP contribution in [-0.2, 0) is 4.79 Å². The summed E-state index contributed by atoms with van der Waals surface area (Å²) in [5.74, 6) is -1.00. The van der Waals surface area contributed by atoms with Crippen molar-refractivity contribution in [2.45, 2.75) is 83.0 Å². The summed E-state index contributed by atoms with van der Waals surface area (Å²) in [6.07, 6.45) is 12.3. The van der Waals surface area contributed by atoms with Crippen LogP contribution in [0.1, 0.15) is 64.7 Å². The molecule has 5 nitrogen and oxygen atoms in total. The molecule has 0 amide bonds. The second-order valence-electron chi connectivity index (χ2n) is 7.05. The van der Waals surface area contributed by atoms with Crippen molar-refractivity contribution < 1.29 is 25.2 Å². The van der Waals surface area contributed by atoms with Gasteiger partial charge in [-0.2, -0.15) is 0 Å². The fourth-order valence-electron chi connectivity index (χ4n) is 3.41. The van der Waals surface area contributed by atoms with Crippen molar-refractivity contribution in [3.63, 3.8) is 0 Å². The van der Waals surface area contributed by atoms with E-state index in [2.05, 4.69) is 6.92 Å². The quantitative estimate of drug-likeness (QED) is 0.319. The number of aliphatic hydroxyl groups excluding tert-OH is 3. The lowest BCUT2D eigenvalue weighted by Gasteiger charge is -2.19. The highest BCUT2D eigenvalue weighted by Gasteiger charge is 2.39. The third-order valence-electron chi connectivity index (χ3n) is 4.91. The highest BCUT2D eigenvalue weighted by atomic mass is 16.4. The van der Waals surface area contributed by atoms with Crippen molar-refractivity contribution >= 4 is 5.97 Å². The van der Waals surface area contributed by atoms with Gasteiger partial charge in [-0.05, 0) is 31.6 Å². The molecule has 0 saturated heterocycles. The number of hydrogen-bond donors (Lipinski definition) is 4. The smallest absolute Gasteiger partial charge is 0.303 e. The van der Waals surface area contributed by atoms with Crippen LogP contribution in [0.15, 0.2) is 24.3 Å². The van der Waals surface area contributed by atoms with E-state index in [1.54, 1.807) is 6.08 Å². The lowest BCUT2D eigenvalue weighted by Crippen LogP contribution is -2.20. The fraction of sp³-hybridized carbons (Fsp3) is 0.750. The molecule has 0 heterocycles. The predicted octanol–water partition coefficient (Wildman–Crippen LogP) is 3.04. The first-order valence-electron chi connectivity index (χ1n) is 9.55. The molecule has 1 fully saturated rings. The molecule has 1 aliphatic carbocycles. The van der Waals surface area contributed by atoms with E-state index in [1.165, 1.54) is 0 Å². The van der Waals surface area contributed by atoms with Gasteiger partial charge >= 0.3 is 5.97 Å². The molecule has 3 unspecified atom stereocenters. The first-order chi connectivity index (χ1) is 12.0. The van der Waals surface area contributed by atoms with Gasteiger partial charge in [-0.3, -0.25) is 4.79 Å². The molecule has 1 saturated carbocycles. The van der Waals surface area contributed by atoms with Crippen LogP contribution >= 0.6 is 0 Å². The Hall–Kier alpha value is -1.17. The number of hydrogen-bond acceptors (Lipinski definition) is 4. The zero-order valence-corrected chi connectivity index (χ0v) is 15.3. The number of carbonyl (C=O) groups is 1. The number of aliphatic carboxylic acids is 1. The normalized spacial score (nSPS) is 28.2. The van der Waals surface area contributed by atoms with E-state index in [0.717, 1.165) is 25.7 Å². The molecule has 0 bridgehead atoms. The summed E-state index contributed by atoms with van der Waals surface area (Å²) in [7, 11) is 0. The molecule has 1 rings (SSSR count). The first-order valence-corrected chi connectivity index (χ1v) is 9.55. The van der Waals surface area contributed by atoms with E-state index < -0.39 is 24.3 Å². The Morgan fingerprint density at radius 2 is 1.92 bits per heavy atom. The Labute approximate surface area is 151 Å². The van der Waals surface area contributed by atoms with Crippen molar-refractivity contribution in [2.75, 3.05) is 0 Å². The summed E-state index contributed by atoms with van der Waals surface area (Å²) in [6, 6.07) is 0. The average molecular weight is 354 g/mol. The largest absolute Gasteiger partial charge is 0.481 e. The summed E-state index contributed by atoms with van der Waals surface area (Å²) in [4.78, 5) is 10.5. The number of allylic oxidation sites excluding steroid dienone is 2. The molecule has 1 aliphatic rings. The second-order valence-corrected chi connectivity index (χ2v) is 7.05. The van der Waals surface area contributed by atoms with Gasteiger partial charge in [0.15, 0.2) is 0 Å². The molecule has 0 aromatic heterocycles. The Morgan fingerprint density at radius 1 is 1.16 bits per heavy atom. The number of carboxylic acid groups (broad SMARTS) is 1. The fourth-order valence-corrected chi connectivity index (χ4v) is 3.41. The number of unbranched alkanes of at least 4 members (excludes halogenated alkanes) is 3. The maximum Gasteiger partial charge on any atom is 0.303 e. The number of carboxylic acids is 1. The lowest BCUT2D eigenvalue weighted by atomic mass is 9.89. The van der Waals surface area contributed by atoms with Crippen molar-refractivity contribution in [1.29, 1.82) is 0 Å². The zero-order valence-electron chi connectivity index (χ0n) is 15.3. The maximum atomic E-state index is 10.5. The monoisotopic (exact) mass is 354 g/mol. The molecular formula is C20H34O5. The highest BCUT2D eigenvalue weighted by molar-refractivity contribution is 5.66. The van der Waals surface area contributed by atoms with E-state index in [4.69, 9.17) is 5.11 Å². The molecular weight excluding hydrogens is 320 g/mol. The van der Waals surface area contributed by atoms with Gasteiger partial charge in [0.1, 0.15) is 0 Å². The summed E-state index contributed by atoms with van der Waals surface area (Å²) in [5.41, 5.74) is 0. The number of aliphatic hydroxyl groups is 3. The third-order valence-corrected chi connectivity index (χ3v) is 4.91. The van der Waals surface area contributed by atoms with Gasteiger partial charge in [0.2, 0.25) is 0 Å². The molecule has 0 aromatic rings. The van der Waals surface area contributed by atoms with Gasteiger partial charge in [-0.1, -0.05) is 50.5 Å². The van der Waals surface area contributed by atoms with Crippen LogP contribution in [0.25, 0.3) is 0 Å². The minimum atomic E-state index is -0.787. The molecule has 25 heavy (non-hydrogen) atoms.